The minimum atomic E-state index is -0.535. The van der Waals surface area contributed by atoms with Gasteiger partial charge in [-0.2, -0.15) is 0 Å². The number of carbonyl (C=O) groups excluding carboxylic acids is 2. The number of hydrogen-bond acceptors (Lipinski definition) is 3. The molecule has 6 heteroatoms. The molecular formula is C12H15ClN2O3. The van der Waals surface area contributed by atoms with Gasteiger partial charge in [-0.05, 0) is 24.6 Å². The Hall–Kier alpha value is -1.59. The van der Waals surface area contributed by atoms with E-state index in [9.17, 15) is 9.59 Å². The largest absolute Gasteiger partial charge is 0.370 e. The van der Waals surface area contributed by atoms with Crippen LogP contribution in [0.2, 0.25) is 5.02 Å². The van der Waals surface area contributed by atoms with Crippen molar-refractivity contribution in [3.05, 3.63) is 34.3 Å². The highest BCUT2D eigenvalue weighted by Gasteiger charge is 2.09. The lowest BCUT2D eigenvalue weighted by Gasteiger charge is -2.08. The summed E-state index contributed by atoms with van der Waals surface area (Å²) in [6.45, 7) is 2.17. The number of primary amides is 1. The molecule has 1 aromatic rings. The number of amides is 2. The third-order valence-electron chi connectivity index (χ3n) is 2.29. The van der Waals surface area contributed by atoms with Gasteiger partial charge < -0.3 is 15.8 Å². The van der Waals surface area contributed by atoms with Crippen LogP contribution in [0.5, 0.6) is 0 Å². The van der Waals surface area contributed by atoms with Crippen molar-refractivity contribution in [2.45, 2.75) is 6.92 Å². The monoisotopic (exact) mass is 270 g/mol. The van der Waals surface area contributed by atoms with Gasteiger partial charge in [-0.1, -0.05) is 17.7 Å². The van der Waals surface area contributed by atoms with E-state index in [2.05, 4.69) is 5.32 Å². The van der Waals surface area contributed by atoms with Gasteiger partial charge >= 0.3 is 0 Å². The van der Waals surface area contributed by atoms with Crippen LogP contribution in [-0.2, 0) is 9.53 Å². The average molecular weight is 271 g/mol. The number of ether oxygens (including phenoxy) is 1. The SMILES string of the molecule is Cc1c(Cl)cccc1C(=O)NCCOCC(N)=O. The predicted molar refractivity (Wildman–Crippen MR) is 68.5 cm³/mol. The summed E-state index contributed by atoms with van der Waals surface area (Å²) < 4.78 is 4.92. The van der Waals surface area contributed by atoms with E-state index in [1.54, 1.807) is 25.1 Å². The highest BCUT2D eigenvalue weighted by atomic mass is 35.5. The van der Waals surface area contributed by atoms with Gasteiger partial charge in [0.15, 0.2) is 0 Å². The molecule has 1 rings (SSSR count). The molecule has 3 N–H and O–H groups in total. The van der Waals surface area contributed by atoms with Crippen molar-refractivity contribution in [2.24, 2.45) is 5.73 Å². The van der Waals surface area contributed by atoms with E-state index in [-0.39, 0.29) is 19.1 Å². The van der Waals surface area contributed by atoms with Crippen molar-refractivity contribution in [1.29, 1.82) is 0 Å². The number of halogens is 1. The third kappa shape index (κ3) is 4.35. The summed E-state index contributed by atoms with van der Waals surface area (Å²) in [5.41, 5.74) is 6.15. The first-order valence-electron chi connectivity index (χ1n) is 5.41. The molecule has 0 aliphatic heterocycles. The summed E-state index contributed by atoms with van der Waals surface area (Å²) >= 11 is 5.92. The fourth-order valence-electron chi connectivity index (χ4n) is 1.36. The summed E-state index contributed by atoms with van der Waals surface area (Å²) in [6, 6.07) is 5.14. The minimum absolute atomic E-state index is 0.147. The summed E-state index contributed by atoms with van der Waals surface area (Å²) in [4.78, 5) is 22.2. The Balaban J connectivity index is 2.41. The van der Waals surface area contributed by atoms with Gasteiger partial charge in [0.25, 0.3) is 5.91 Å². The van der Waals surface area contributed by atoms with Crippen molar-refractivity contribution < 1.29 is 14.3 Å². The quantitative estimate of drug-likeness (QED) is 0.753. The summed E-state index contributed by atoms with van der Waals surface area (Å²) in [6.07, 6.45) is 0. The molecule has 0 aliphatic rings. The minimum Gasteiger partial charge on any atom is -0.370 e. The molecule has 0 radical (unpaired) electrons. The zero-order valence-corrected chi connectivity index (χ0v) is 10.8. The lowest BCUT2D eigenvalue weighted by Crippen LogP contribution is -2.29. The Morgan fingerprint density at radius 2 is 2.17 bits per heavy atom. The fourth-order valence-corrected chi connectivity index (χ4v) is 1.53. The second kappa shape index (κ2) is 6.98. The molecule has 0 saturated heterocycles. The second-order valence-electron chi connectivity index (χ2n) is 3.69. The molecule has 0 bridgehead atoms. The molecule has 98 valence electrons. The molecule has 0 heterocycles. The maximum absolute atomic E-state index is 11.8. The fraction of sp³-hybridized carbons (Fsp3) is 0.333. The smallest absolute Gasteiger partial charge is 0.251 e. The standard InChI is InChI=1S/C12H15ClN2O3/c1-8-9(3-2-4-10(8)13)12(17)15-5-6-18-7-11(14)16/h2-4H,5-7H2,1H3,(H2,14,16)(H,15,17). The van der Waals surface area contributed by atoms with Crippen LogP contribution in [0.1, 0.15) is 15.9 Å². The Morgan fingerprint density at radius 1 is 1.44 bits per heavy atom. The molecule has 1 aromatic carbocycles. The van der Waals surface area contributed by atoms with Gasteiger partial charge in [-0.15, -0.1) is 0 Å². The van der Waals surface area contributed by atoms with Gasteiger partial charge in [0.2, 0.25) is 5.91 Å². The lowest BCUT2D eigenvalue weighted by molar-refractivity contribution is -0.122. The van der Waals surface area contributed by atoms with Crippen LogP contribution in [0, 0.1) is 6.92 Å². The van der Waals surface area contributed by atoms with E-state index in [1.807, 2.05) is 0 Å². The maximum Gasteiger partial charge on any atom is 0.251 e. The normalized spacial score (nSPS) is 10.1. The molecule has 18 heavy (non-hydrogen) atoms. The first-order chi connectivity index (χ1) is 8.52. The zero-order chi connectivity index (χ0) is 13.5. The number of nitrogens with two attached hydrogens (primary N) is 1. The van der Waals surface area contributed by atoms with E-state index in [4.69, 9.17) is 22.1 Å². The van der Waals surface area contributed by atoms with Crippen LogP contribution >= 0.6 is 11.6 Å². The van der Waals surface area contributed by atoms with Crippen molar-refractivity contribution in [3.8, 4) is 0 Å². The van der Waals surface area contributed by atoms with E-state index < -0.39 is 5.91 Å². The second-order valence-corrected chi connectivity index (χ2v) is 4.09. The van der Waals surface area contributed by atoms with E-state index in [0.29, 0.717) is 17.1 Å². The van der Waals surface area contributed by atoms with Gasteiger partial charge in [0.05, 0.1) is 6.61 Å². The zero-order valence-electron chi connectivity index (χ0n) is 10.0. The van der Waals surface area contributed by atoms with Crippen LogP contribution in [0.4, 0.5) is 0 Å². The maximum atomic E-state index is 11.8. The first kappa shape index (κ1) is 14.5. The van der Waals surface area contributed by atoms with Gasteiger partial charge in [-0.3, -0.25) is 9.59 Å². The number of benzene rings is 1. The molecule has 0 atom stereocenters. The van der Waals surface area contributed by atoms with Crippen molar-refractivity contribution in [1.82, 2.24) is 5.32 Å². The van der Waals surface area contributed by atoms with Crippen LogP contribution in [-0.4, -0.2) is 31.6 Å². The highest BCUT2D eigenvalue weighted by Crippen LogP contribution is 2.18. The number of hydrogen-bond donors (Lipinski definition) is 2. The van der Waals surface area contributed by atoms with Crippen LogP contribution in [0.25, 0.3) is 0 Å². The number of nitrogens with one attached hydrogen (secondary N) is 1. The molecule has 0 saturated carbocycles. The predicted octanol–water partition coefficient (Wildman–Crippen LogP) is 0.880. The molecule has 0 aliphatic carbocycles. The lowest BCUT2D eigenvalue weighted by atomic mass is 10.1. The van der Waals surface area contributed by atoms with Gasteiger partial charge in [0, 0.05) is 17.1 Å². The van der Waals surface area contributed by atoms with Crippen LogP contribution in [0.3, 0.4) is 0 Å². The molecule has 5 nitrogen and oxygen atoms in total. The van der Waals surface area contributed by atoms with E-state index >= 15 is 0 Å². The summed E-state index contributed by atoms with van der Waals surface area (Å²) in [5, 5.41) is 3.21. The van der Waals surface area contributed by atoms with Crippen molar-refractivity contribution >= 4 is 23.4 Å². The molecule has 0 unspecified atom stereocenters. The Bertz CT molecular complexity index is 449. The van der Waals surface area contributed by atoms with Crippen molar-refractivity contribution in [2.75, 3.05) is 19.8 Å². The Morgan fingerprint density at radius 3 is 2.83 bits per heavy atom. The topological polar surface area (TPSA) is 81.4 Å². The van der Waals surface area contributed by atoms with Crippen LogP contribution < -0.4 is 11.1 Å². The third-order valence-corrected chi connectivity index (χ3v) is 2.70. The molecule has 2 amide bonds. The summed E-state index contributed by atoms with van der Waals surface area (Å²) in [7, 11) is 0. The molecule has 0 fully saturated rings. The number of rotatable bonds is 6. The van der Waals surface area contributed by atoms with E-state index in [0.717, 1.165) is 5.56 Å². The van der Waals surface area contributed by atoms with Crippen molar-refractivity contribution in [3.63, 3.8) is 0 Å². The van der Waals surface area contributed by atoms with Gasteiger partial charge in [-0.25, -0.2) is 0 Å². The average Bonchev–Trinajstić information content (AvgIpc) is 2.31. The highest BCUT2D eigenvalue weighted by molar-refractivity contribution is 6.31. The molecule has 0 aromatic heterocycles. The van der Waals surface area contributed by atoms with Crippen LogP contribution in [0.15, 0.2) is 18.2 Å². The number of carbonyl (C=O) groups is 2. The van der Waals surface area contributed by atoms with Gasteiger partial charge in [0.1, 0.15) is 6.61 Å². The molecule has 0 spiro atoms. The molecular weight excluding hydrogens is 256 g/mol. The first-order valence-corrected chi connectivity index (χ1v) is 5.79. The Labute approximate surface area is 110 Å². The van der Waals surface area contributed by atoms with E-state index in [1.165, 1.54) is 0 Å². The summed E-state index contributed by atoms with van der Waals surface area (Å²) in [5.74, 6) is -0.760. The Kier molecular flexibility index (Phi) is 5.61.